The SMILES string of the molecule is NCCCCSc1ccc(Cl)cn1. The van der Waals surface area contributed by atoms with Crippen molar-refractivity contribution in [2.75, 3.05) is 12.3 Å². The summed E-state index contributed by atoms with van der Waals surface area (Å²) in [4.78, 5) is 4.18. The zero-order valence-electron chi connectivity index (χ0n) is 7.37. The third-order valence-electron chi connectivity index (χ3n) is 1.55. The van der Waals surface area contributed by atoms with E-state index >= 15 is 0 Å². The summed E-state index contributed by atoms with van der Waals surface area (Å²) in [6, 6.07) is 3.80. The smallest absolute Gasteiger partial charge is 0.0960 e. The highest BCUT2D eigenvalue weighted by molar-refractivity contribution is 7.99. The summed E-state index contributed by atoms with van der Waals surface area (Å²) in [5.41, 5.74) is 5.39. The van der Waals surface area contributed by atoms with Gasteiger partial charge in [0, 0.05) is 6.20 Å². The van der Waals surface area contributed by atoms with Crippen LogP contribution in [0.1, 0.15) is 12.8 Å². The molecule has 1 rings (SSSR count). The van der Waals surface area contributed by atoms with E-state index < -0.39 is 0 Å². The minimum Gasteiger partial charge on any atom is -0.330 e. The molecule has 0 aromatic carbocycles. The van der Waals surface area contributed by atoms with E-state index in [1.54, 1.807) is 18.0 Å². The zero-order valence-corrected chi connectivity index (χ0v) is 8.94. The highest BCUT2D eigenvalue weighted by Gasteiger charge is 1.94. The fraction of sp³-hybridized carbons (Fsp3) is 0.444. The average molecular weight is 217 g/mol. The lowest BCUT2D eigenvalue weighted by molar-refractivity contribution is 0.814. The number of halogens is 1. The molecular formula is C9H13ClN2S. The van der Waals surface area contributed by atoms with E-state index in [2.05, 4.69) is 4.98 Å². The Morgan fingerprint density at radius 2 is 2.23 bits per heavy atom. The first-order valence-corrected chi connectivity index (χ1v) is 5.63. The van der Waals surface area contributed by atoms with E-state index in [0.717, 1.165) is 30.2 Å². The van der Waals surface area contributed by atoms with Crippen molar-refractivity contribution in [2.45, 2.75) is 17.9 Å². The van der Waals surface area contributed by atoms with Gasteiger partial charge in [0.25, 0.3) is 0 Å². The number of hydrogen-bond acceptors (Lipinski definition) is 3. The van der Waals surface area contributed by atoms with Gasteiger partial charge in [0.05, 0.1) is 10.0 Å². The van der Waals surface area contributed by atoms with E-state index in [9.17, 15) is 0 Å². The van der Waals surface area contributed by atoms with Crippen LogP contribution in [0.3, 0.4) is 0 Å². The maximum atomic E-state index is 5.71. The lowest BCUT2D eigenvalue weighted by atomic mass is 10.3. The van der Waals surface area contributed by atoms with Gasteiger partial charge in [-0.1, -0.05) is 11.6 Å². The van der Waals surface area contributed by atoms with Crippen LogP contribution >= 0.6 is 23.4 Å². The largest absolute Gasteiger partial charge is 0.330 e. The quantitative estimate of drug-likeness (QED) is 0.608. The van der Waals surface area contributed by atoms with Gasteiger partial charge in [-0.05, 0) is 37.3 Å². The highest BCUT2D eigenvalue weighted by atomic mass is 35.5. The van der Waals surface area contributed by atoms with Crippen molar-refractivity contribution in [1.29, 1.82) is 0 Å². The van der Waals surface area contributed by atoms with Gasteiger partial charge in [-0.3, -0.25) is 0 Å². The summed E-state index contributed by atoms with van der Waals surface area (Å²) < 4.78 is 0. The molecule has 0 aliphatic carbocycles. The molecule has 0 atom stereocenters. The van der Waals surface area contributed by atoms with Gasteiger partial charge in [-0.2, -0.15) is 0 Å². The number of hydrogen-bond donors (Lipinski definition) is 1. The molecule has 2 nitrogen and oxygen atoms in total. The van der Waals surface area contributed by atoms with Crippen LogP contribution in [0.2, 0.25) is 5.02 Å². The number of rotatable bonds is 5. The Morgan fingerprint density at radius 3 is 2.85 bits per heavy atom. The molecule has 4 heteroatoms. The monoisotopic (exact) mass is 216 g/mol. The van der Waals surface area contributed by atoms with Gasteiger partial charge < -0.3 is 5.73 Å². The normalized spacial score (nSPS) is 10.3. The van der Waals surface area contributed by atoms with Gasteiger partial charge >= 0.3 is 0 Å². The van der Waals surface area contributed by atoms with E-state index in [0.29, 0.717) is 5.02 Å². The number of nitrogens with two attached hydrogens (primary N) is 1. The molecule has 0 unspecified atom stereocenters. The first-order chi connectivity index (χ1) is 6.33. The fourth-order valence-corrected chi connectivity index (χ4v) is 1.83. The van der Waals surface area contributed by atoms with Crippen molar-refractivity contribution in [3.8, 4) is 0 Å². The molecule has 0 spiro atoms. The lowest BCUT2D eigenvalue weighted by Crippen LogP contribution is -1.98. The lowest BCUT2D eigenvalue weighted by Gasteiger charge is -1.99. The molecule has 1 aromatic heterocycles. The maximum Gasteiger partial charge on any atom is 0.0960 e. The Morgan fingerprint density at radius 1 is 1.38 bits per heavy atom. The molecule has 13 heavy (non-hydrogen) atoms. The van der Waals surface area contributed by atoms with Gasteiger partial charge in [-0.15, -0.1) is 11.8 Å². The molecule has 72 valence electrons. The number of thioether (sulfide) groups is 1. The van der Waals surface area contributed by atoms with Crippen molar-refractivity contribution < 1.29 is 0 Å². The second-order valence-electron chi connectivity index (χ2n) is 2.66. The Labute approximate surface area is 87.9 Å². The summed E-state index contributed by atoms with van der Waals surface area (Å²) >= 11 is 7.45. The van der Waals surface area contributed by atoms with Crippen molar-refractivity contribution in [3.63, 3.8) is 0 Å². The molecule has 0 saturated heterocycles. The van der Waals surface area contributed by atoms with Gasteiger partial charge in [-0.25, -0.2) is 4.98 Å². The molecule has 1 heterocycles. The Balaban J connectivity index is 2.25. The minimum absolute atomic E-state index is 0.686. The van der Waals surface area contributed by atoms with Crippen molar-refractivity contribution in [1.82, 2.24) is 4.98 Å². The number of aromatic nitrogens is 1. The number of unbranched alkanes of at least 4 members (excludes halogenated alkanes) is 1. The third kappa shape index (κ3) is 4.50. The first-order valence-electron chi connectivity index (χ1n) is 4.27. The van der Waals surface area contributed by atoms with E-state index in [-0.39, 0.29) is 0 Å². The van der Waals surface area contributed by atoms with E-state index in [1.165, 1.54) is 0 Å². The van der Waals surface area contributed by atoms with Crippen LogP contribution in [-0.2, 0) is 0 Å². The van der Waals surface area contributed by atoms with E-state index in [1.807, 2.05) is 12.1 Å². The predicted molar refractivity (Wildman–Crippen MR) is 58.3 cm³/mol. The van der Waals surface area contributed by atoms with Gasteiger partial charge in [0.1, 0.15) is 0 Å². The molecule has 0 saturated carbocycles. The van der Waals surface area contributed by atoms with Crippen LogP contribution in [0.4, 0.5) is 0 Å². The van der Waals surface area contributed by atoms with Crippen LogP contribution in [0, 0.1) is 0 Å². The van der Waals surface area contributed by atoms with Crippen LogP contribution in [0.25, 0.3) is 0 Å². The zero-order chi connectivity index (χ0) is 9.52. The Bertz CT molecular complexity index is 238. The molecule has 0 aliphatic rings. The summed E-state index contributed by atoms with van der Waals surface area (Å²) in [7, 11) is 0. The summed E-state index contributed by atoms with van der Waals surface area (Å²) in [6.45, 7) is 0.772. The standard InChI is InChI=1S/C9H13ClN2S/c10-8-3-4-9(12-7-8)13-6-2-1-5-11/h3-4,7H,1-2,5-6,11H2. The highest BCUT2D eigenvalue weighted by Crippen LogP contribution is 2.18. The van der Waals surface area contributed by atoms with Gasteiger partial charge in [0.15, 0.2) is 0 Å². The molecule has 0 fully saturated rings. The Kier molecular flexibility index (Phi) is 5.20. The predicted octanol–water partition coefficient (Wildman–Crippen LogP) is 2.57. The second-order valence-corrected chi connectivity index (χ2v) is 4.21. The van der Waals surface area contributed by atoms with Crippen molar-refractivity contribution >= 4 is 23.4 Å². The number of pyridine rings is 1. The third-order valence-corrected chi connectivity index (χ3v) is 2.80. The van der Waals surface area contributed by atoms with Crippen LogP contribution in [-0.4, -0.2) is 17.3 Å². The fourth-order valence-electron chi connectivity index (χ4n) is 0.871. The minimum atomic E-state index is 0.686. The molecule has 1 aromatic rings. The topological polar surface area (TPSA) is 38.9 Å². The van der Waals surface area contributed by atoms with Crippen molar-refractivity contribution in [3.05, 3.63) is 23.4 Å². The summed E-state index contributed by atoms with van der Waals surface area (Å²) in [5.74, 6) is 1.08. The molecule has 0 bridgehead atoms. The average Bonchev–Trinajstić information content (AvgIpc) is 2.15. The first kappa shape index (κ1) is 10.8. The van der Waals surface area contributed by atoms with Gasteiger partial charge in [0.2, 0.25) is 0 Å². The molecule has 0 amide bonds. The Hall–Kier alpha value is -0.250. The molecule has 2 N–H and O–H groups in total. The summed E-state index contributed by atoms with van der Waals surface area (Å²) in [5, 5.41) is 1.72. The van der Waals surface area contributed by atoms with Crippen LogP contribution in [0.5, 0.6) is 0 Å². The summed E-state index contributed by atoms with van der Waals surface area (Å²) in [6.07, 6.45) is 3.90. The van der Waals surface area contributed by atoms with Crippen LogP contribution in [0.15, 0.2) is 23.4 Å². The molecular weight excluding hydrogens is 204 g/mol. The molecule has 0 aliphatic heterocycles. The van der Waals surface area contributed by atoms with Crippen molar-refractivity contribution in [2.24, 2.45) is 5.73 Å². The van der Waals surface area contributed by atoms with E-state index in [4.69, 9.17) is 17.3 Å². The molecule has 0 radical (unpaired) electrons. The maximum absolute atomic E-state index is 5.71. The second kappa shape index (κ2) is 6.24. The number of nitrogens with zero attached hydrogens (tertiary/aromatic N) is 1. The van der Waals surface area contributed by atoms with Crippen LogP contribution < -0.4 is 5.73 Å².